The van der Waals surface area contributed by atoms with Gasteiger partial charge in [-0.3, -0.25) is 0 Å². The molecule has 66 valence electrons. The van der Waals surface area contributed by atoms with Crippen LogP contribution in [0, 0.1) is 3.57 Å². The number of hydrogen-bond donors (Lipinski definition) is 2. The lowest BCUT2D eigenvalue weighted by Gasteiger charge is -1.94. The second-order valence-corrected chi connectivity index (χ2v) is 3.69. The number of carboxylic acid groups (broad SMARTS) is 1. The van der Waals surface area contributed by atoms with Crippen molar-refractivity contribution in [1.29, 1.82) is 0 Å². The van der Waals surface area contributed by atoms with Crippen molar-refractivity contribution in [3.8, 4) is 0 Å². The highest BCUT2D eigenvalue weighted by Gasteiger charge is 2.12. The molecule has 0 bridgehead atoms. The number of fused-ring (bicyclic) bond motifs is 1. The minimum absolute atomic E-state index is 0.271. The molecule has 2 N–H and O–H groups in total. The van der Waals surface area contributed by atoms with Crippen molar-refractivity contribution < 1.29 is 9.90 Å². The van der Waals surface area contributed by atoms with Crippen molar-refractivity contribution >= 4 is 39.6 Å². The van der Waals surface area contributed by atoms with Gasteiger partial charge in [-0.2, -0.15) is 0 Å². The second kappa shape index (κ2) is 2.99. The van der Waals surface area contributed by atoms with Crippen LogP contribution >= 0.6 is 22.6 Å². The third-order valence-corrected chi connectivity index (χ3v) is 2.65. The molecule has 2 rings (SSSR count). The van der Waals surface area contributed by atoms with Crippen molar-refractivity contribution in [2.24, 2.45) is 0 Å². The molecule has 0 fully saturated rings. The molecule has 2 aromatic heterocycles. The Hall–Kier alpha value is -1.11. The van der Waals surface area contributed by atoms with Crippen molar-refractivity contribution in [1.82, 2.24) is 9.97 Å². The van der Waals surface area contributed by atoms with E-state index in [-0.39, 0.29) is 5.56 Å². The number of pyridine rings is 1. The molecule has 0 aliphatic rings. The number of nitrogens with one attached hydrogen (secondary N) is 1. The van der Waals surface area contributed by atoms with Gasteiger partial charge < -0.3 is 10.1 Å². The fraction of sp³-hybridized carbons (Fsp3) is 0. The summed E-state index contributed by atoms with van der Waals surface area (Å²) in [5.41, 5.74) is 0.886. The summed E-state index contributed by atoms with van der Waals surface area (Å²) in [6, 6.07) is 1.78. The maximum Gasteiger partial charge on any atom is 0.337 e. The van der Waals surface area contributed by atoms with Gasteiger partial charge in [0.15, 0.2) is 0 Å². The highest BCUT2D eigenvalue weighted by Crippen LogP contribution is 2.21. The summed E-state index contributed by atoms with van der Waals surface area (Å²) in [4.78, 5) is 17.6. The Labute approximate surface area is 87.1 Å². The predicted molar refractivity (Wildman–Crippen MR) is 55.8 cm³/mol. The second-order valence-electron chi connectivity index (χ2n) is 2.52. The number of H-pyrrole nitrogens is 1. The number of carboxylic acids is 1. The Bertz CT molecular complexity index is 478. The molecule has 5 heteroatoms. The summed E-state index contributed by atoms with van der Waals surface area (Å²) >= 11 is 2.09. The Morgan fingerprint density at radius 2 is 2.38 bits per heavy atom. The van der Waals surface area contributed by atoms with Crippen molar-refractivity contribution in [3.05, 3.63) is 27.6 Å². The van der Waals surface area contributed by atoms with Gasteiger partial charge in [-0.25, -0.2) is 9.78 Å². The molecule has 13 heavy (non-hydrogen) atoms. The van der Waals surface area contributed by atoms with Gasteiger partial charge in [0.1, 0.15) is 5.65 Å². The first-order valence-electron chi connectivity index (χ1n) is 3.55. The summed E-state index contributed by atoms with van der Waals surface area (Å²) in [7, 11) is 0. The smallest absolute Gasteiger partial charge is 0.337 e. The zero-order valence-electron chi connectivity index (χ0n) is 6.41. The SMILES string of the molecule is O=C(O)c1c[nH]c2nccc(I)c12. The zero-order chi connectivity index (χ0) is 9.42. The molecule has 0 aliphatic heterocycles. The Kier molecular flexibility index (Phi) is 1.95. The highest BCUT2D eigenvalue weighted by molar-refractivity contribution is 14.1. The van der Waals surface area contributed by atoms with E-state index in [0.29, 0.717) is 11.0 Å². The molecule has 0 unspecified atom stereocenters. The van der Waals surface area contributed by atoms with E-state index in [9.17, 15) is 4.79 Å². The largest absolute Gasteiger partial charge is 0.478 e. The quantitative estimate of drug-likeness (QED) is 0.787. The number of nitrogens with zero attached hydrogens (tertiary/aromatic N) is 1. The molecule has 0 saturated heterocycles. The molecule has 0 aliphatic carbocycles. The van der Waals surface area contributed by atoms with Crippen molar-refractivity contribution in [2.75, 3.05) is 0 Å². The van der Waals surface area contributed by atoms with Crippen LogP contribution in [0.4, 0.5) is 0 Å². The summed E-state index contributed by atoms with van der Waals surface area (Å²) in [6.45, 7) is 0. The van der Waals surface area contributed by atoms with Gasteiger partial charge in [-0.05, 0) is 28.7 Å². The molecule has 0 spiro atoms. The number of rotatable bonds is 1. The van der Waals surface area contributed by atoms with E-state index in [1.165, 1.54) is 6.20 Å². The number of aromatic carboxylic acids is 1. The summed E-state index contributed by atoms with van der Waals surface area (Å²) < 4.78 is 0.890. The number of carbonyl (C=O) groups is 1. The highest BCUT2D eigenvalue weighted by atomic mass is 127. The Balaban J connectivity index is 2.86. The maximum atomic E-state index is 10.8. The summed E-state index contributed by atoms with van der Waals surface area (Å²) in [5, 5.41) is 9.52. The van der Waals surface area contributed by atoms with Gasteiger partial charge in [0.2, 0.25) is 0 Å². The molecule has 2 aromatic rings. The van der Waals surface area contributed by atoms with E-state index in [1.807, 2.05) is 0 Å². The standard InChI is InChI=1S/C8H5IN2O2/c9-5-1-2-10-7-6(5)4(3-11-7)8(12)13/h1-3H,(H,10,11)(H,12,13). The van der Waals surface area contributed by atoms with E-state index in [2.05, 4.69) is 32.6 Å². The van der Waals surface area contributed by atoms with Crippen molar-refractivity contribution in [2.45, 2.75) is 0 Å². The van der Waals surface area contributed by atoms with Crippen LogP contribution in [0.3, 0.4) is 0 Å². The molecular weight excluding hydrogens is 283 g/mol. The molecule has 0 radical (unpaired) electrons. The lowest BCUT2D eigenvalue weighted by Crippen LogP contribution is -1.94. The Morgan fingerprint density at radius 1 is 1.62 bits per heavy atom. The monoisotopic (exact) mass is 288 g/mol. The summed E-state index contributed by atoms with van der Waals surface area (Å²) in [5.74, 6) is -0.933. The molecular formula is C8H5IN2O2. The number of aromatic amines is 1. The molecule has 2 heterocycles. The van der Waals surface area contributed by atoms with Crippen LogP contribution in [0.1, 0.15) is 10.4 Å². The molecule has 0 amide bonds. The first-order chi connectivity index (χ1) is 6.20. The van der Waals surface area contributed by atoms with E-state index in [1.54, 1.807) is 12.3 Å². The van der Waals surface area contributed by atoms with Gasteiger partial charge in [0, 0.05) is 21.4 Å². The lowest BCUT2D eigenvalue weighted by molar-refractivity contribution is 0.0699. The average Bonchev–Trinajstić information content (AvgIpc) is 2.49. The fourth-order valence-electron chi connectivity index (χ4n) is 1.19. The predicted octanol–water partition coefficient (Wildman–Crippen LogP) is 1.87. The van der Waals surface area contributed by atoms with Gasteiger partial charge in [-0.15, -0.1) is 0 Å². The van der Waals surface area contributed by atoms with Gasteiger partial charge >= 0.3 is 5.97 Å². The summed E-state index contributed by atoms with van der Waals surface area (Å²) in [6.07, 6.45) is 3.11. The number of hydrogen-bond acceptors (Lipinski definition) is 2. The van der Waals surface area contributed by atoms with E-state index in [0.717, 1.165) is 3.57 Å². The van der Waals surface area contributed by atoms with Gasteiger partial charge in [-0.1, -0.05) is 0 Å². The molecule has 0 saturated carbocycles. The normalized spacial score (nSPS) is 10.5. The zero-order valence-corrected chi connectivity index (χ0v) is 8.57. The first-order valence-corrected chi connectivity index (χ1v) is 4.63. The third-order valence-electron chi connectivity index (χ3n) is 1.75. The lowest BCUT2D eigenvalue weighted by atomic mass is 10.2. The number of aromatic nitrogens is 2. The minimum atomic E-state index is -0.933. The molecule has 0 atom stereocenters. The Morgan fingerprint density at radius 3 is 3.08 bits per heavy atom. The van der Waals surface area contributed by atoms with Crippen molar-refractivity contribution in [3.63, 3.8) is 0 Å². The van der Waals surface area contributed by atoms with E-state index < -0.39 is 5.97 Å². The van der Waals surface area contributed by atoms with E-state index >= 15 is 0 Å². The van der Waals surface area contributed by atoms with Crippen LogP contribution in [0.25, 0.3) is 11.0 Å². The molecule has 4 nitrogen and oxygen atoms in total. The van der Waals surface area contributed by atoms with Crippen LogP contribution in [-0.4, -0.2) is 21.0 Å². The first kappa shape index (κ1) is 8.49. The fourth-order valence-corrected chi connectivity index (χ4v) is 1.89. The van der Waals surface area contributed by atoms with Crippen LogP contribution < -0.4 is 0 Å². The van der Waals surface area contributed by atoms with Gasteiger partial charge in [0.25, 0.3) is 0 Å². The van der Waals surface area contributed by atoms with Crippen LogP contribution in [0.5, 0.6) is 0 Å². The topological polar surface area (TPSA) is 66.0 Å². The van der Waals surface area contributed by atoms with Crippen LogP contribution in [0.2, 0.25) is 0 Å². The minimum Gasteiger partial charge on any atom is -0.478 e. The van der Waals surface area contributed by atoms with Crippen LogP contribution in [-0.2, 0) is 0 Å². The average molecular weight is 288 g/mol. The molecule has 0 aromatic carbocycles. The maximum absolute atomic E-state index is 10.8. The van der Waals surface area contributed by atoms with Crippen LogP contribution in [0.15, 0.2) is 18.5 Å². The third kappa shape index (κ3) is 1.28. The van der Waals surface area contributed by atoms with Gasteiger partial charge in [0.05, 0.1) is 5.56 Å². The van der Waals surface area contributed by atoms with E-state index in [4.69, 9.17) is 5.11 Å². The number of halogens is 1.